The molecule has 9 heteroatoms. The second-order valence-electron chi connectivity index (χ2n) is 6.91. The Labute approximate surface area is 163 Å². The number of primary sulfonamides is 1. The molecule has 1 aliphatic rings. The summed E-state index contributed by atoms with van der Waals surface area (Å²) in [7, 11) is -3.75. The third-order valence-corrected chi connectivity index (χ3v) is 5.81. The number of nitrogens with two attached hydrogens (primary N) is 1. The molecule has 1 fully saturated rings. The normalized spacial score (nSPS) is 18.5. The minimum atomic E-state index is -3.75. The number of sulfonamides is 1. The molecule has 28 heavy (non-hydrogen) atoms. The van der Waals surface area contributed by atoms with Crippen LogP contribution in [0.15, 0.2) is 52.0 Å². The van der Waals surface area contributed by atoms with Gasteiger partial charge in [0.2, 0.25) is 15.9 Å². The number of likely N-dealkylation sites (tertiary alicyclic amines) is 1. The summed E-state index contributed by atoms with van der Waals surface area (Å²) in [6, 6.07) is 9.04. The molecule has 0 bridgehead atoms. The molecule has 0 spiro atoms. The number of amides is 2. The van der Waals surface area contributed by atoms with Gasteiger partial charge in [-0.2, -0.15) is 0 Å². The van der Waals surface area contributed by atoms with Crippen molar-refractivity contribution in [2.45, 2.75) is 30.7 Å². The molecule has 3 rings (SSSR count). The predicted molar refractivity (Wildman–Crippen MR) is 102 cm³/mol. The van der Waals surface area contributed by atoms with Crippen LogP contribution in [0, 0.1) is 5.92 Å². The number of rotatable bonds is 5. The fraction of sp³-hybridized carbons (Fsp3) is 0.368. The lowest BCUT2D eigenvalue weighted by molar-refractivity contribution is -0.127. The van der Waals surface area contributed by atoms with E-state index < -0.39 is 10.0 Å². The molecule has 1 aliphatic heterocycles. The molecule has 1 aromatic carbocycles. The van der Waals surface area contributed by atoms with Crippen LogP contribution in [0.1, 0.15) is 41.9 Å². The van der Waals surface area contributed by atoms with Crippen molar-refractivity contribution in [3.05, 3.63) is 54.0 Å². The highest BCUT2D eigenvalue weighted by Gasteiger charge is 2.30. The second kappa shape index (κ2) is 8.15. The van der Waals surface area contributed by atoms with Crippen LogP contribution in [0.3, 0.4) is 0 Å². The van der Waals surface area contributed by atoms with Gasteiger partial charge in [-0.15, -0.1) is 0 Å². The van der Waals surface area contributed by atoms with Crippen LogP contribution >= 0.6 is 0 Å². The quantitative estimate of drug-likeness (QED) is 0.783. The first-order valence-corrected chi connectivity index (χ1v) is 10.6. The van der Waals surface area contributed by atoms with Gasteiger partial charge in [-0.25, -0.2) is 13.6 Å². The molecule has 3 N–H and O–H groups in total. The molecule has 2 heterocycles. The van der Waals surface area contributed by atoms with Crippen LogP contribution < -0.4 is 10.5 Å². The fourth-order valence-electron chi connectivity index (χ4n) is 3.29. The molecule has 150 valence electrons. The summed E-state index contributed by atoms with van der Waals surface area (Å²) in [6.07, 6.45) is 2.89. The summed E-state index contributed by atoms with van der Waals surface area (Å²) in [5.41, 5.74) is 0.764. The van der Waals surface area contributed by atoms with Crippen molar-refractivity contribution in [3.63, 3.8) is 0 Å². The van der Waals surface area contributed by atoms with Crippen LogP contribution in [-0.4, -0.2) is 38.2 Å². The van der Waals surface area contributed by atoms with Crippen molar-refractivity contribution in [2.24, 2.45) is 11.1 Å². The van der Waals surface area contributed by atoms with Gasteiger partial charge >= 0.3 is 0 Å². The molecule has 0 unspecified atom stereocenters. The van der Waals surface area contributed by atoms with Gasteiger partial charge in [0.05, 0.1) is 23.1 Å². The minimum absolute atomic E-state index is 0.0223. The maximum absolute atomic E-state index is 12.7. The lowest BCUT2D eigenvalue weighted by atomic mass is 9.96. The largest absolute Gasteiger partial charge is 0.459 e. The minimum Gasteiger partial charge on any atom is -0.459 e. The molecule has 2 aromatic rings. The summed E-state index contributed by atoms with van der Waals surface area (Å²) in [5.74, 6) is -0.391. The predicted octanol–water partition coefficient (Wildman–Crippen LogP) is 1.66. The zero-order valence-corrected chi connectivity index (χ0v) is 16.3. The van der Waals surface area contributed by atoms with E-state index >= 15 is 0 Å². The third kappa shape index (κ3) is 4.60. The lowest BCUT2D eigenvalue weighted by Crippen LogP contribution is -2.45. The first-order chi connectivity index (χ1) is 13.3. The Kier molecular flexibility index (Phi) is 5.85. The van der Waals surface area contributed by atoms with Gasteiger partial charge in [0.25, 0.3) is 5.91 Å². The number of carbonyl (C=O) groups is 2. The Bertz CT molecular complexity index is 938. The maximum Gasteiger partial charge on any atom is 0.289 e. The average molecular weight is 405 g/mol. The van der Waals surface area contributed by atoms with Gasteiger partial charge in [-0.3, -0.25) is 9.59 Å². The van der Waals surface area contributed by atoms with E-state index in [2.05, 4.69) is 5.32 Å². The summed E-state index contributed by atoms with van der Waals surface area (Å²) in [5, 5.41) is 8.03. The Balaban J connectivity index is 1.61. The van der Waals surface area contributed by atoms with E-state index in [0.717, 1.165) is 12.0 Å². The number of furan rings is 1. The standard InChI is InChI=1S/C19H23N3O5S/c1-13(14-6-8-16(9-7-14)28(20,25)26)21-18(23)15-4-2-10-22(12-15)19(24)17-5-3-11-27-17/h3,5-9,11,13,15H,2,4,10,12H2,1H3,(H,21,23)(H2,20,25,26)/t13-,15-/m1/s1. The molecular formula is C19H23N3O5S. The molecule has 0 radical (unpaired) electrons. The number of nitrogens with zero attached hydrogens (tertiary/aromatic N) is 1. The molecule has 1 saturated heterocycles. The van der Waals surface area contributed by atoms with Crippen LogP contribution in [-0.2, 0) is 14.8 Å². The van der Waals surface area contributed by atoms with E-state index in [-0.39, 0.29) is 34.4 Å². The smallest absolute Gasteiger partial charge is 0.289 e. The van der Waals surface area contributed by atoms with Crippen LogP contribution in [0.25, 0.3) is 0 Å². The Morgan fingerprint density at radius 3 is 2.57 bits per heavy atom. The highest BCUT2D eigenvalue weighted by Crippen LogP contribution is 2.21. The van der Waals surface area contributed by atoms with Gasteiger partial charge in [0.15, 0.2) is 5.76 Å². The first kappa shape index (κ1) is 20.1. The molecule has 2 amide bonds. The van der Waals surface area contributed by atoms with E-state index in [9.17, 15) is 18.0 Å². The highest BCUT2D eigenvalue weighted by molar-refractivity contribution is 7.89. The second-order valence-corrected chi connectivity index (χ2v) is 8.47. The van der Waals surface area contributed by atoms with Crippen LogP contribution in [0.4, 0.5) is 0 Å². The Hall–Kier alpha value is -2.65. The number of hydrogen-bond donors (Lipinski definition) is 2. The maximum atomic E-state index is 12.7. The first-order valence-electron chi connectivity index (χ1n) is 9.01. The number of piperidine rings is 1. The van der Waals surface area contributed by atoms with Crippen molar-refractivity contribution in [2.75, 3.05) is 13.1 Å². The lowest BCUT2D eigenvalue weighted by Gasteiger charge is -2.32. The monoisotopic (exact) mass is 405 g/mol. The Morgan fingerprint density at radius 1 is 1.25 bits per heavy atom. The van der Waals surface area contributed by atoms with Gasteiger partial charge in [-0.1, -0.05) is 12.1 Å². The van der Waals surface area contributed by atoms with E-state index in [1.165, 1.54) is 18.4 Å². The van der Waals surface area contributed by atoms with Gasteiger partial charge in [0.1, 0.15) is 0 Å². The van der Waals surface area contributed by atoms with E-state index in [4.69, 9.17) is 9.56 Å². The summed E-state index contributed by atoms with van der Waals surface area (Å²) in [6.45, 7) is 2.74. The zero-order valence-electron chi connectivity index (χ0n) is 15.5. The highest BCUT2D eigenvalue weighted by atomic mass is 32.2. The van der Waals surface area contributed by atoms with Crippen molar-refractivity contribution in [1.29, 1.82) is 0 Å². The molecular weight excluding hydrogens is 382 g/mol. The number of nitrogens with one attached hydrogen (secondary N) is 1. The van der Waals surface area contributed by atoms with Gasteiger partial charge < -0.3 is 14.6 Å². The van der Waals surface area contributed by atoms with Crippen LogP contribution in [0.2, 0.25) is 0 Å². The zero-order chi connectivity index (χ0) is 20.3. The summed E-state index contributed by atoms with van der Waals surface area (Å²) < 4.78 is 27.8. The fourth-order valence-corrected chi connectivity index (χ4v) is 3.81. The summed E-state index contributed by atoms with van der Waals surface area (Å²) in [4.78, 5) is 26.8. The van der Waals surface area contributed by atoms with Crippen molar-refractivity contribution in [3.8, 4) is 0 Å². The van der Waals surface area contributed by atoms with E-state index in [1.807, 2.05) is 6.92 Å². The number of hydrogen-bond acceptors (Lipinski definition) is 5. The van der Waals surface area contributed by atoms with Gasteiger partial charge in [-0.05, 0) is 49.6 Å². The van der Waals surface area contributed by atoms with Gasteiger partial charge in [0, 0.05) is 13.1 Å². The molecule has 0 saturated carbocycles. The average Bonchev–Trinajstić information content (AvgIpc) is 3.21. The van der Waals surface area contributed by atoms with E-state index in [1.54, 1.807) is 29.2 Å². The molecule has 0 aliphatic carbocycles. The third-order valence-electron chi connectivity index (χ3n) is 4.88. The number of carbonyl (C=O) groups excluding carboxylic acids is 2. The topological polar surface area (TPSA) is 123 Å². The summed E-state index contributed by atoms with van der Waals surface area (Å²) >= 11 is 0. The van der Waals surface area contributed by atoms with Crippen molar-refractivity contribution < 1.29 is 22.4 Å². The molecule has 8 nitrogen and oxygen atoms in total. The van der Waals surface area contributed by atoms with Crippen LogP contribution in [0.5, 0.6) is 0 Å². The van der Waals surface area contributed by atoms with Crippen molar-refractivity contribution in [1.82, 2.24) is 10.2 Å². The molecule has 2 atom stereocenters. The van der Waals surface area contributed by atoms with E-state index in [0.29, 0.717) is 19.5 Å². The SMILES string of the molecule is C[C@@H](NC(=O)[C@@H]1CCCN(C(=O)c2ccco2)C1)c1ccc(S(N)(=O)=O)cc1. The Morgan fingerprint density at radius 2 is 1.96 bits per heavy atom. The number of benzene rings is 1. The molecule has 1 aromatic heterocycles. The van der Waals surface area contributed by atoms with Crippen molar-refractivity contribution >= 4 is 21.8 Å².